The van der Waals surface area contributed by atoms with Gasteiger partial charge < -0.3 is 4.74 Å². The third kappa shape index (κ3) is 3.43. The summed E-state index contributed by atoms with van der Waals surface area (Å²) in [6, 6.07) is 13.3. The van der Waals surface area contributed by atoms with Gasteiger partial charge in [0.1, 0.15) is 11.4 Å². The maximum atomic E-state index is 6.62. The van der Waals surface area contributed by atoms with E-state index < -0.39 is 0 Å². The lowest BCUT2D eigenvalue weighted by Gasteiger charge is -2.27. The van der Waals surface area contributed by atoms with Gasteiger partial charge in [0.15, 0.2) is 0 Å². The molecule has 0 bridgehead atoms. The molecule has 0 radical (unpaired) electrons. The molecule has 156 valence electrons. The van der Waals surface area contributed by atoms with Crippen LogP contribution < -0.4 is 4.74 Å². The molecule has 1 atom stereocenters. The summed E-state index contributed by atoms with van der Waals surface area (Å²) >= 11 is 0. The van der Waals surface area contributed by atoms with Crippen LogP contribution in [0, 0.1) is 20.8 Å². The Hall–Kier alpha value is -2.61. The Morgan fingerprint density at radius 1 is 0.967 bits per heavy atom. The Bertz CT molecular complexity index is 1060. The van der Waals surface area contributed by atoms with Crippen molar-refractivity contribution >= 4 is 0 Å². The molecule has 0 aliphatic carbocycles. The lowest BCUT2D eigenvalue weighted by molar-refractivity contribution is 0.121. The summed E-state index contributed by atoms with van der Waals surface area (Å²) in [4.78, 5) is 4.32. The van der Waals surface area contributed by atoms with E-state index in [9.17, 15) is 0 Å². The third-order valence-electron chi connectivity index (χ3n) is 6.85. The van der Waals surface area contributed by atoms with Crippen molar-refractivity contribution in [2.24, 2.45) is 0 Å². The van der Waals surface area contributed by atoms with E-state index in [0.29, 0.717) is 5.92 Å². The largest absolute Gasteiger partial charge is 0.486 e. The molecule has 1 aliphatic rings. The molecule has 0 fully saturated rings. The molecule has 1 unspecified atom stereocenters. The maximum Gasteiger partial charge on any atom is 0.127 e. The molecule has 3 aromatic rings. The second-order valence-corrected chi connectivity index (χ2v) is 9.59. The maximum absolute atomic E-state index is 6.62. The first-order chi connectivity index (χ1) is 14.2. The normalized spacial score (nSPS) is 17.1. The fourth-order valence-electron chi connectivity index (χ4n) is 4.97. The lowest BCUT2D eigenvalue weighted by atomic mass is 9.77. The van der Waals surface area contributed by atoms with Crippen LogP contribution in [-0.2, 0) is 6.42 Å². The second-order valence-electron chi connectivity index (χ2n) is 9.59. The minimum atomic E-state index is -0.281. The van der Waals surface area contributed by atoms with E-state index in [1.54, 1.807) is 0 Å². The van der Waals surface area contributed by atoms with Crippen LogP contribution in [0.15, 0.2) is 48.8 Å². The summed E-state index contributed by atoms with van der Waals surface area (Å²) in [5.74, 6) is 1.85. The number of fused-ring (bicyclic) bond motifs is 1. The Labute approximate surface area is 181 Å². The zero-order valence-corrected chi connectivity index (χ0v) is 19.3. The molecule has 2 heteroatoms. The van der Waals surface area contributed by atoms with Gasteiger partial charge in [-0.3, -0.25) is 4.98 Å². The molecule has 1 aliphatic heterocycles. The van der Waals surface area contributed by atoms with Crippen LogP contribution in [0.5, 0.6) is 5.75 Å². The number of nitrogens with zero attached hydrogens (tertiary/aromatic N) is 1. The molecule has 30 heavy (non-hydrogen) atoms. The molecule has 0 N–H and O–H groups in total. The van der Waals surface area contributed by atoms with Crippen molar-refractivity contribution in [1.29, 1.82) is 0 Å². The van der Waals surface area contributed by atoms with E-state index in [1.165, 1.54) is 44.5 Å². The summed E-state index contributed by atoms with van der Waals surface area (Å²) in [5, 5.41) is 0. The summed E-state index contributed by atoms with van der Waals surface area (Å²) in [5.41, 5.74) is 10.4. The fraction of sp³-hybridized carbons (Fsp3) is 0.393. The fourth-order valence-corrected chi connectivity index (χ4v) is 4.97. The standard InChI is InChI=1S/C28H33NO/c1-17(2)22-10-12-23(13-11-22)26-25-20(5)24(15-21-9-8-14-29-16-21)18(3)19(4)27(25)30-28(26,6)7/h8-14,16-17,26H,15H2,1-7H3. The van der Waals surface area contributed by atoms with Gasteiger partial charge in [0.05, 0.1) is 5.92 Å². The number of hydrogen-bond donors (Lipinski definition) is 0. The minimum absolute atomic E-state index is 0.223. The summed E-state index contributed by atoms with van der Waals surface area (Å²) in [6.45, 7) is 15.7. The predicted molar refractivity (Wildman–Crippen MR) is 125 cm³/mol. The molecule has 0 saturated carbocycles. The molecule has 0 amide bonds. The van der Waals surface area contributed by atoms with Crippen molar-refractivity contribution in [1.82, 2.24) is 4.98 Å². The van der Waals surface area contributed by atoms with Crippen LogP contribution in [0.25, 0.3) is 0 Å². The lowest BCUT2D eigenvalue weighted by Crippen LogP contribution is -2.31. The Morgan fingerprint density at radius 3 is 2.27 bits per heavy atom. The molecular weight excluding hydrogens is 366 g/mol. The Kier molecular flexibility index (Phi) is 5.22. The van der Waals surface area contributed by atoms with Crippen LogP contribution in [0.1, 0.15) is 84.0 Å². The number of ether oxygens (including phenoxy) is 1. The molecular formula is C28H33NO. The van der Waals surface area contributed by atoms with Crippen LogP contribution >= 0.6 is 0 Å². The van der Waals surface area contributed by atoms with Crippen molar-refractivity contribution in [2.75, 3.05) is 0 Å². The highest BCUT2D eigenvalue weighted by molar-refractivity contribution is 5.62. The zero-order valence-electron chi connectivity index (χ0n) is 19.3. The van der Waals surface area contributed by atoms with Crippen molar-refractivity contribution in [2.45, 2.75) is 72.3 Å². The summed E-state index contributed by atoms with van der Waals surface area (Å²) < 4.78 is 6.62. The second kappa shape index (κ2) is 7.58. The quantitative estimate of drug-likeness (QED) is 0.470. The summed E-state index contributed by atoms with van der Waals surface area (Å²) in [6.07, 6.45) is 4.72. The number of pyridine rings is 1. The van der Waals surface area contributed by atoms with Gasteiger partial charge in [-0.2, -0.15) is 0 Å². The topological polar surface area (TPSA) is 22.1 Å². The minimum Gasteiger partial charge on any atom is -0.486 e. The highest BCUT2D eigenvalue weighted by Gasteiger charge is 2.44. The molecule has 2 heterocycles. The van der Waals surface area contributed by atoms with Crippen LogP contribution in [0.2, 0.25) is 0 Å². The van der Waals surface area contributed by atoms with Crippen LogP contribution in [-0.4, -0.2) is 10.6 Å². The first-order valence-electron chi connectivity index (χ1n) is 11.0. The predicted octanol–water partition coefficient (Wildman–Crippen LogP) is 7.02. The van der Waals surface area contributed by atoms with Gasteiger partial charge >= 0.3 is 0 Å². The van der Waals surface area contributed by atoms with Crippen molar-refractivity contribution in [3.05, 3.63) is 93.3 Å². The van der Waals surface area contributed by atoms with E-state index in [2.05, 4.69) is 83.8 Å². The third-order valence-corrected chi connectivity index (χ3v) is 6.85. The van der Waals surface area contributed by atoms with E-state index in [1.807, 2.05) is 18.5 Å². The average Bonchev–Trinajstić information content (AvgIpc) is 3.01. The van der Waals surface area contributed by atoms with E-state index in [4.69, 9.17) is 4.74 Å². The van der Waals surface area contributed by atoms with E-state index in [0.717, 1.165) is 12.2 Å². The average molecular weight is 400 g/mol. The van der Waals surface area contributed by atoms with Gasteiger partial charge in [-0.05, 0) is 92.0 Å². The van der Waals surface area contributed by atoms with E-state index in [-0.39, 0.29) is 11.5 Å². The zero-order chi connectivity index (χ0) is 21.6. The van der Waals surface area contributed by atoms with Crippen LogP contribution in [0.4, 0.5) is 0 Å². The molecule has 4 rings (SSSR count). The molecule has 2 nitrogen and oxygen atoms in total. The Balaban J connectivity index is 1.86. The van der Waals surface area contributed by atoms with Gasteiger partial charge in [0, 0.05) is 18.0 Å². The molecule has 2 aromatic carbocycles. The van der Waals surface area contributed by atoms with Gasteiger partial charge in [-0.25, -0.2) is 0 Å². The van der Waals surface area contributed by atoms with Gasteiger partial charge in [0.25, 0.3) is 0 Å². The van der Waals surface area contributed by atoms with Crippen molar-refractivity contribution in [3.8, 4) is 5.75 Å². The highest BCUT2D eigenvalue weighted by Crippen LogP contribution is 2.52. The number of hydrogen-bond acceptors (Lipinski definition) is 2. The monoisotopic (exact) mass is 399 g/mol. The van der Waals surface area contributed by atoms with Crippen molar-refractivity contribution in [3.63, 3.8) is 0 Å². The smallest absolute Gasteiger partial charge is 0.127 e. The van der Waals surface area contributed by atoms with Gasteiger partial charge in [-0.1, -0.05) is 44.2 Å². The molecule has 1 aromatic heterocycles. The number of aromatic nitrogens is 1. The number of rotatable bonds is 4. The SMILES string of the molecule is Cc1c(C)c2c(c(C)c1Cc1cccnc1)C(c1ccc(C(C)C)cc1)C(C)(C)O2. The Morgan fingerprint density at radius 2 is 1.67 bits per heavy atom. The van der Waals surface area contributed by atoms with Gasteiger partial charge in [-0.15, -0.1) is 0 Å². The van der Waals surface area contributed by atoms with E-state index >= 15 is 0 Å². The first kappa shape index (κ1) is 20.7. The first-order valence-corrected chi connectivity index (χ1v) is 11.0. The highest BCUT2D eigenvalue weighted by atomic mass is 16.5. The summed E-state index contributed by atoms with van der Waals surface area (Å²) in [7, 11) is 0. The molecule has 0 saturated heterocycles. The van der Waals surface area contributed by atoms with Crippen molar-refractivity contribution < 1.29 is 4.74 Å². The number of benzene rings is 2. The van der Waals surface area contributed by atoms with Crippen LogP contribution in [0.3, 0.4) is 0 Å². The molecule has 0 spiro atoms. The van der Waals surface area contributed by atoms with Gasteiger partial charge in [0.2, 0.25) is 0 Å².